The Hall–Kier alpha value is -0.940. The number of aryl methyl sites for hydroxylation is 1. The normalized spacial score (nSPS) is 29.7. The topological polar surface area (TPSA) is 54.2 Å². The highest BCUT2D eigenvalue weighted by Gasteiger charge is 2.37. The summed E-state index contributed by atoms with van der Waals surface area (Å²) in [6, 6.07) is 1.25. The third kappa shape index (κ3) is 2.57. The van der Waals surface area contributed by atoms with Crippen molar-refractivity contribution in [1.29, 1.82) is 0 Å². The molecular formula is C13H22N4O. The molecule has 1 saturated carbocycles. The molecule has 2 heterocycles. The summed E-state index contributed by atoms with van der Waals surface area (Å²) in [7, 11) is 0. The molecule has 18 heavy (non-hydrogen) atoms. The Morgan fingerprint density at radius 3 is 2.89 bits per heavy atom. The predicted octanol–water partition coefficient (Wildman–Crippen LogP) is 1.34. The molecule has 2 fully saturated rings. The van der Waals surface area contributed by atoms with Gasteiger partial charge in [0.1, 0.15) is 0 Å². The lowest BCUT2D eigenvalue weighted by Crippen LogP contribution is -2.56. The molecule has 3 rings (SSSR count). The van der Waals surface area contributed by atoms with Crippen LogP contribution in [0.2, 0.25) is 0 Å². The smallest absolute Gasteiger partial charge is 0.240 e. The van der Waals surface area contributed by atoms with E-state index in [4.69, 9.17) is 4.52 Å². The van der Waals surface area contributed by atoms with Crippen LogP contribution >= 0.6 is 0 Å². The maximum Gasteiger partial charge on any atom is 0.240 e. The van der Waals surface area contributed by atoms with Crippen LogP contribution in [0.15, 0.2) is 4.52 Å². The highest BCUT2D eigenvalue weighted by atomic mass is 16.5. The van der Waals surface area contributed by atoms with Gasteiger partial charge in [-0.2, -0.15) is 4.98 Å². The molecule has 1 aromatic rings. The van der Waals surface area contributed by atoms with Crippen LogP contribution in [0, 0.1) is 12.8 Å². The van der Waals surface area contributed by atoms with Crippen molar-refractivity contribution in [2.45, 2.75) is 51.7 Å². The van der Waals surface area contributed by atoms with Gasteiger partial charge in [-0.1, -0.05) is 12.1 Å². The molecule has 2 aliphatic rings. The van der Waals surface area contributed by atoms with Gasteiger partial charge in [-0.25, -0.2) is 0 Å². The van der Waals surface area contributed by atoms with E-state index in [0.29, 0.717) is 12.1 Å². The summed E-state index contributed by atoms with van der Waals surface area (Å²) in [5, 5.41) is 7.57. The Balaban J connectivity index is 1.65. The minimum Gasteiger partial charge on any atom is -0.338 e. The molecule has 0 spiro atoms. The van der Waals surface area contributed by atoms with Crippen molar-refractivity contribution in [3.63, 3.8) is 0 Å². The number of hydrogen-bond donors (Lipinski definition) is 1. The van der Waals surface area contributed by atoms with Crippen molar-refractivity contribution in [3.05, 3.63) is 11.7 Å². The zero-order chi connectivity index (χ0) is 12.5. The first kappa shape index (κ1) is 12.1. The third-order valence-corrected chi connectivity index (χ3v) is 4.13. The Kier molecular flexibility index (Phi) is 3.35. The first-order valence-electron chi connectivity index (χ1n) is 7.03. The van der Waals surface area contributed by atoms with E-state index in [2.05, 4.69) is 27.3 Å². The summed E-state index contributed by atoms with van der Waals surface area (Å²) >= 11 is 0. The van der Waals surface area contributed by atoms with Crippen molar-refractivity contribution in [2.24, 2.45) is 5.92 Å². The molecule has 5 heteroatoms. The molecule has 1 N–H and O–H groups in total. The van der Waals surface area contributed by atoms with E-state index < -0.39 is 0 Å². The Labute approximate surface area is 108 Å². The van der Waals surface area contributed by atoms with Crippen molar-refractivity contribution in [1.82, 2.24) is 20.4 Å². The molecule has 100 valence electrons. The monoisotopic (exact) mass is 250 g/mol. The van der Waals surface area contributed by atoms with E-state index in [1.54, 1.807) is 0 Å². The molecule has 0 amide bonds. The summed E-state index contributed by atoms with van der Waals surface area (Å²) in [5.74, 6) is 2.38. The molecule has 1 aromatic heterocycles. The van der Waals surface area contributed by atoms with E-state index in [0.717, 1.165) is 43.7 Å². The number of nitrogens with one attached hydrogen (secondary N) is 1. The molecule has 0 radical (unpaired) electrons. The fourth-order valence-electron chi connectivity index (χ4n) is 2.87. The van der Waals surface area contributed by atoms with Gasteiger partial charge in [-0.15, -0.1) is 0 Å². The van der Waals surface area contributed by atoms with Gasteiger partial charge >= 0.3 is 0 Å². The van der Waals surface area contributed by atoms with E-state index in [1.165, 1.54) is 12.8 Å². The van der Waals surface area contributed by atoms with Crippen LogP contribution < -0.4 is 5.32 Å². The van der Waals surface area contributed by atoms with Crippen molar-refractivity contribution < 1.29 is 4.52 Å². The Morgan fingerprint density at radius 2 is 2.28 bits per heavy atom. The highest BCUT2D eigenvalue weighted by molar-refractivity contribution is 4.95. The first-order valence-corrected chi connectivity index (χ1v) is 7.03. The van der Waals surface area contributed by atoms with Gasteiger partial charge in [0, 0.05) is 25.2 Å². The summed E-state index contributed by atoms with van der Waals surface area (Å²) in [5.41, 5.74) is 0. The average Bonchev–Trinajstić information content (AvgIpc) is 3.14. The van der Waals surface area contributed by atoms with E-state index in [1.807, 2.05) is 6.92 Å². The van der Waals surface area contributed by atoms with Crippen LogP contribution in [0.5, 0.6) is 0 Å². The Bertz CT molecular complexity index is 401. The molecular weight excluding hydrogens is 228 g/mol. The van der Waals surface area contributed by atoms with Gasteiger partial charge in [0.05, 0.1) is 6.54 Å². The first-order chi connectivity index (χ1) is 8.76. The summed E-state index contributed by atoms with van der Waals surface area (Å²) in [4.78, 5) is 6.83. The number of piperazine rings is 1. The number of rotatable bonds is 4. The molecule has 0 bridgehead atoms. The minimum atomic E-state index is 0.590. The maximum atomic E-state index is 5.25. The molecule has 2 unspecified atom stereocenters. The summed E-state index contributed by atoms with van der Waals surface area (Å²) in [6.45, 7) is 7.12. The largest absolute Gasteiger partial charge is 0.338 e. The summed E-state index contributed by atoms with van der Waals surface area (Å²) < 4.78 is 5.25. The fourth-order valence-corrected chi connectivity index (χ4v) is 2.87. The molecule has 1 aliphatic heterocycles. The Morgan fingerprint density at radius 1 is 1.44 bits per heavy atom. The molecule has 0 aromatic carbocycles. The zero-order valence-corrected chi connectivity index (χ0v) is 11.2. The van der Waals surface area contributed by atoms with Crippen molar-refractivity contribution in [2.75, 3.05) is 13.1 Å². The standard InChI is InChI=1S/C13H22N4O/c1-3-11-6-14-12(10-4-5-10)7-17(11)8-13-15-9(2)16-18-13/h10-12,14H,3-8H2,1-2H3. The zero-order valence-electron chi connectivity index (χ0n) is 11.2. The molecule has 1 saturated heterocycles. The van der Waals surface area contributed by atoms with Gasteiger partial charge in [0.2, 0.25) is 5.89 Å². The lowest BCUT2D eigenvalue weighted by molar-refractivity contribution is 0.0989. The van der Waals surface area contributed by atoms with Gasteiger partial charge in [0.25, 0.3) is 0 Å². The van der Waals surface area contributed by atoms with Crippen LogP contribution in [-0.4, -0.2) is 40.2 Å². The van der Waals surface area contributed by atoms with Crippen LogP contribution in [0.3, 0.4) is 0 Å². The maximum absolute atomic E-state index is 5.25. The quantitative estimate of drug-likeness (QED) is 0.874. The lowest BCUT2D eigenvalue weighted by Gasteiger charge is -2.39. The van der Waals surface area contributed by atoms with Crippen LogP contribution in [-0.2, 0) is 6.54 Å². The van der Waals surface area contributed by atoms with Crippen LogP contribution in [0.4, 0.5) is 0 Å². The molecule has 5 nitrogen and oxygen atoms in total. The minimum absolute atomic E-state index is 0.590. The third-order valence-electron chi connectivity index (χ3n) is 4.13. The van der Waals surface area contributed by atoms with Gasteiger partial charge in [-0.05, 0) is 32.1 Å². The number of aromatic nitrogens is 2. The van der Waals surface area contributed by atoms with Crippen LogP contribution in [0.1, 0.15) is 37.9 Å². The number of hydrogen-bond acceptors (Lipinski definition) is 5. The predicted molar refractivity (Wildman–Crippen MR) is 68.0 cm³/mol. The average molecular weight is 250 g/mol. The van der Waals surface area contributed by atoms with E-state index >= 15 is 0 Å². The fraction of sp³-hybridized carbons (Fsp3) is 0.846. The van der Waals surface area contributed by atoms with Gasteiger partial charge in [-0.3, -0.25) is 4.90 Å². The molecule has 1 aliphatic carbocycles. The second kappa shape index (κ2) is 4.97. The van der Waals surface area contributed by atoms with E-state index in [-0.39, 0.29) is 0 Å². The molecule has 2 atom stereocenters. The van der Waals surface area contributed by atoms with E-state index in [9.17, 15) is 0 Å². The van der Waals surface area contributed by atoms with Gasteiger partial charge < -0.3 is 9.84 Å². The van der Waals surface area contributed by atoms with Crippen LogP contribution in [0.25, 0.3) is 0 Å². The second-order valence-corrected chi connectivity index (χ2v) is 5.58. The van der Waals surface area contributed by atoms with Gasteiger partial charge in [0.15, 0.2) is 5.82 Å². The SMILES string of the molecule is CCC1CNC(C2CC2)CN1Cc1nc(C)no1. The lowest BCUT2D eigenvalue weighted by atomic mass is 10.0. The second-order valence-electron chi connectivity index (χ2n) is 5.58. The number of nitrogens with zero attached hydrogens (tertiary/aromatic N) is 3. The highest BCUT2D eigenvalue weighted by Crippen LogP contribution is 2.34. The summed E-state index contributed by atoms with van der Waals surface area (Å²) in [6.07, 6.45) is 3.95. The van der Waals surface area contributed by atoms with Crippen molar-refractivity contribution >= 4 is 0 Å². The van der Waals surface area contributed by atoms with Crippen molar-refractivity contribution in [3.8, 4) is 0 Å².